The van der Waals surface area contributed by atoms with Crippen LogP contribution in [-0.4, -0.2) is 23.1 Å². The third kappa shape index (κ3) is 4.58. The summed E-state index contributed by atoms with van der Waals surface area (Å²) in [5.41, 5.74) is 7.45. The molecule has 0 aliphatic heterocycles. The van der Waals surface area contributed by atoms with Gasteiger partial charge in [0, 0.05) is 6.54 Å². The van der Waals surface area contributed by atoms with Crippen molar-refractivity contribution in [3.63, 3.8) is 0 Å². The third-order valence-electron chi connectivity index (χ3n) is 3.02. The van der Waals surface area contributed by atoms with Gasteiger partial charge in [0.15, 0.2) is 5.82 Å². The Morgan fingerprint density at radius 2 is 1.95 bits per heavy atom. The molecule has 22 heavy (non-hydrogen) atoms. The van der Waals surface area contributed by atoms with E-state index in [9.17, 15) is 4.39 Å². The number of anilines is 2. The second kappa shape index (κ2) is 7.59. The summed E-state index contributed by atoms with van der Waals surface area (Å²) in [6, 6.07) is 6.42. The Balaban J connectivity index is 1.92. The molecule has 118 valence electrons. The van der Waals surface area contributed by atoms with Crippen LogP contribution in [0.15, 0.2) is 30.6 Å². The number of nitrogen functional groups attached to an aromatic ring is 1. The van der Waals surface area contributed by atoms with Crippen LogP contribution in [-0.2, 0) is 6.42 Å². The van der Waals surface area contributed by atoms with Gasteiger partial charge in [-0.3, -0.25) is 0 Å². The monoisotopic (exact) mass is 304 g/mol. The van der Waals surface area contributed by atoms with Gasteiger partial charge in [-0.25, -0.2) is 9.37 Å². The van der Waals surface area contributed by atoms with Crippen molar-refractivity contribution in [2.45, 2.75) is 20.3 Å². The summed E-state index contributed by atoms with van der Waals surface area (Å²) in [4.78, 5) is 8.17. The highest BCUT2D eigenvalue weighted by Gasteiger charge is 2.09. The summed E-state index contributed by atoms with van der Waals surface area (Å²) in [5.74, 6) is 1.11. The summed E-state index contributed by atoms with van der Waals surface area (Å²) < 4.78 is 18.4. The molecule has 6 heteroatoms. The fourth-order valence-corrected chi connectivity index (χ4v) is 1.86. The number of nitrogens with two attached hydrogens (primary N) is 1. The van der Waals surface area contributed by atoms with Crippen LogP contribution in [0.4, 0.5) is 15.9 Å². The van der Waals surface area contributed by atoms with Crippen molar-refractivity contribution in [2.24, 2.45) is 5.92 Å². The number of hydrogen-bond donors (Lipinski definition) is 2. The van der Waals surface area contributed by atoms with Crippen molar-refractivity contribution < 1.29 is 9.13 Å². The molecule has 0 unspecified atom stereocenters. The first-order valence-corrected chi connectivity index (χ1v) is 7.28. The number of benzene rings is 1. The van der Waals surface area contributed by atoms with Crippen LogP contribution in [0.5, 0.6) is 5.88 Å². The van der Waals surface area contributed by atoms with Gasteiger partial charge < -0.3 is 15.8 Å². The quantitative estimate of drug-likeness (QED) is 0.823. The SMILES string of the molecule is CC(C)COc1ncnc(NCCc2ccc(F)cc2)c1N. The zero-order valence-corrected chi connectivity index (χ0v) is 12.8. The summed E-state index contributed by atoms with van der Waals surface area (Å²) in [7, 11) is 0. The minimum atomic E-state index is -0.233. The third-order valence-corrected chi connectivity index (χ3v) is 3.02. The number of ether oxygens (including phenoxy) is 1. The van der Waals surface area contributed by atoms with Crippen molar-refractivity contribution in [3.05, 3.63) is 42.0 Å². The maximum Gasteiger partial charge on any atom is 0.242 e. The molecule has 0 saturated carbocycles. The van der Waals surface area contributed by atoms with E-state index in [2.05, 4.69) is 29.1 Å². The van der Waals surface area contributed by atoms with E-state index in [1.165, 1.54) is 18.5 Å². The van der Waals surface area contributed by atoms with E-state index in [1.54, 1.807) is 12.1 Å². The molecule has 0 amide bonds. The van der Waals surface area contributed by atoms with E-state index < -0.39 is 0 Å². The van der Waals surface area contributed by atoms with E-state index in [0.717, 1.165) is 12.0 Å². The second-order valence-electron chi connectivity index (χ2n) is 5.45. The molecule has 0 aliphatic carbocycles. The van der Waals surface area contributed by atoms with E-state index >= 15 is 0 Å². The summed E-state index contributed by atoms with van der Waals surface area (Å²) in [6.45, 7) is 5.30. The zero-order chi connectivity index (χ0) is 15.9. The summed E-state index contributed by atoms with van der Waals surface area (Å²) in [6.07, 6.45) is 2.16. The molecule has 1 aromatic heterocycles. The molecule has 3 N–H and O–H groups in total. The maximum absolute atomic E-state index is 12.8. The van der Waals surface area contributed by atoms with E-state index in [0.29, 0.717) is 36.5 Å². The molecule has 2 rings (SSSR count). The zero-order valence-electron chi connectivity index (χ0n) is 12.8. The maximum atomic E-state index is 12.8. The van der Waals surface area contributed by atoms with Gasteiger partial charge in [-0.2, -0.15) is 4.98 Å². The van der Waals surface area contributed by atoms with Gasteiger partial charge in [0.1, 0.15) is 17.8 Å². The largest absolute Gasteiger partial charge is 0.476 e. The van der Waals surface area contributed by atoms with E-state index in [-0.39, 0.29) is 5.82 Å². The van der Waals surface area contributed by atoms with Gasteiger partial charge in [-0.05, 0) is 30.0 Å². The number of hydrogen-bond acceptors (Lipinski definition) is 5. The van der Waals surface area contributed by atoms with Crippen molar-refractivity contribution in [2.75, 3.05) is 24.2 Å². The lowest BCUT2D eigenvalue weighted by molar-refractivity contribution is 0.262. The molecule has 0 bridgehead atoms. The molecule has 2 aromatic rings. The molecular weight excluding hydrogens is 283 g/mol. The highest BCUT2D eigenvalue weighted by Crippen LogP contribution is 2.24. The number of aromatic nitrogens is 2. The normalized spacial score (nSPS) is 10.7. The molecule has 0 aliphatic rings. The van der Waals surface area contributed by atoms with Crippen molar-refractivity contribution in [1.29, 1.82) is 0 Å². The fourth-order valence-electron chi connectivity index (χ4n) is 1.86. The fraction of sp³-hybridized carbons (Fsp3) is 0.375. The Labute approximate surface area is 129 Å². The van der Waals surface area contributed by atoms with Gasteiger partial charge in [0.25, 0.3) is 0 Å². The molecule has 0 spiro atoms. The first-order valence-electron chi connectivity index (χ1n) is 7.28. The Hall–Kier alpha value is -2.37. The molecule has 0 fully saturated rings. The van der Waals surface area contributed by atoms with Crippen LogP contribution in [0.2, 0.25) is 0 Å². The predicted octanol–water partition coefficient (Wildman–Crippen LogP) is 2.89. The van der Waals surface area contributed by atoms with E-state index in [1.807, 2.05) is 0 Å². The minimum Gasteiger partial charge on any atom is -0.476 e. The first-order chi connectivity index (χ1) is 10.6. The van der Waals surface area contributed by atoms with Crippen LogP contribution in [0, 0.1) is 11.7 Å². The van der Waals surface area contributed by atoms with Gasteiger partial charge in [0.05, 0.1) is 6.61 Å². The minimum absolute atomic E-state index is 0.233. The standard InChI is InChI=1S/C16H21FN4O/c1-11(2)9-22-16-14(18)15(20-10-21-16)19-8-7-12-3-5-13(17)6-4-12/h3-6,10-11H,7-9,18H2,1-2H3,(H,19,20,21). The number of halogens is 1. The first kappa shape index (κ1) is 16.0. The average molecular weight is 304 g/mol. The Bertz CT molecular complexity index is 602. The van der Waals surface area contributed by atoms with Crippen molar-refractivity contribution in [1.82, 2.24) is 9.97 Å². The predicted molar refractivity (Wildman–Crippen MR) is 85.4 cm³/mol. The highest BCUT2D eigenvalue weighted by atomic mass is 19.1. The smallest absolute Gasteiger partial charge is 0.242 e. The van der Waals surface area contributed by atoms with Crippen LogP contribution < -0.4 is 15.8 Å². The Kier molecular flexibility index (Phi) is 5.52. The average Bonchev–Trinajstić information content (AvgIpc) is 2.49. The lowest BCUT2D eigenvalue weighted by atomic mass is 10.1. The molecule has 0 saturated heterocycles. The van der Waals surface area contributed by atoms with Crippen LogP contribution in [0.25, 0.3) is 0 Å². The number of nitrogens with zero attached hydrogens (tertiary/aromatic N) is 2. The molecule has 0 radical (unpaired) electrons. The molecule has 1 aromatic carbocycles. The lowest BCUT2D eigenvalue weighted by Crippen LogP contribution is -2.12. The molecule has 1 heterocycles. The summed E-state index contributed by atoms with van der Waals surface area (Å²) in [5, 5.41) is 3.15. The van der Waals surface area contributed by atoms with Gasteiger partial charge in [-0.15, -0.1) is 0 Å². The van der Waals surface area contributed by atoms with Gasteiger partial charge in [-0.1, -0.05) is 26.0 Å². The second-order valence-corrected chi connectivity index (χ2v) is 5.45. The van der Waals surface area contributed by atoms with Crippen molar-refractivity contribution in [3.8, 4) is 5.88 Å². The van der Waals surface area contributed by atoms with Crippen LogP contribution >= 0.6 is 0 Å². The van der Waals surface area contributed by atoms with Crippen LogP contribution in [0.1, 0.15) is 19.4 Å². The molecule has 0 atom stereocenters. The topological polar surface area (TPSA) is 73.1 Å². The summed E-state index contributed by atoms with van der Waals surface area (Å²) >= 11 is 0. The van der Waals surface area contributed by atoms with Gasteiger partial charge >= 0.3 is 0 Å². The highest BCUT2D eigenvalue weighted by molar-refractivity contribution is 5.66. The molecule has 5 nitrogen and oxygen atoms in total. The van der Waals surface area contributed by atoms with Crippen molar-refractivity contribution >= 4 is 11.5 Å². The lowest BCUT2D eigenvalue weighted by Gasteiger charge is -2.13. The van der Waals surface area contributed by atoms with Crippen LogP contribution in [0.3, 0.4) is 0 Å². The number of rotatable bonds is 7. The van der Waals surface area contributed by atoms with Gasteiger partial charge in [0.2, 0.25) is 5.88 Å². The van der Waals surface area contributed by atoms with E-state index in [4.69, 9.17) is 10.5 Å². The Morgan fingerprint density at radius 3 is 2.64 bits per heavy atom. The Morgan fingerprint density at radius 1 is 1.23 bits per heavy atom. The molecular formula is C16H21FN4O. The number of nitrogens with one attached hydrogen (secondary N) is 1.